The number of nitrogens with zero attached hydrogens (tertiary/aromatic N) is 1. The Kier molecular flexibility index (Phi) is 8.81. The summed E-state index contributed by atoms with van der Waals surface area (Å²) in [6.45, 7) is 12.0. The van der Waals surface area contributed by atoms with Gasteiger partial charge in [0.05, 0.1) is 19.4 Å². The van der Waals surface area contributed by atoms with E-state index < -0.39 is 5.60 Å². The number of halogens is 1. The highest BCUT2D eigenvalue weighted by Gasteiger charge is 2.27. The molecule has 150 valence electrons. The molecule has 0 fully saturated rings. The molecule has 1 heterocycles. The van der Waals surface area contributed by atoms with Crippen molar-refractivity contribution in [3.8, 4) is 0 Å². The Labute approximate surface area is 179 Å². The van der Waals surface area contributed by atoms with Crippen LogP contribution in [0.5, 0.6) is 0 Å². The summed E-state index contributed by atoms with van der Waals surface area (Å²) < 4.78 is 5.33. The molecule has 5 nitrogen and oxygen atoms in total. The van der Waals surface area contributed by atoms with E-state index in [1.807, 2.05) is 6.92 Å². The average Bonchev–Trinajstić information content (AvgIpc) is 3.13. The van der Waals surface area contributed by atoms with E-state index >= 15 is 0 Å². The predicted octanol–water partition coefficient (Wildman–Crippen LogP) is 3.95. The topological polar surface area (TPSA) is 69.8 Å². The van der Waals surface area contributed by atoms with Gasteiger partial charge in [0, 0.05) is 12.0 Å². The molecule has 3 N–H and O–H groups in total. The SMILES string of the molecule is CCNC(=NCC(C)(C)c1ccccc1C)NCC(C)(O)c1ccco1.I. The van der Waals surface area contributed by atoms with Crippen molar-refractivity contribution in [3.63, 3.8) is 0 Å². The van der Waals surface area contributed by atoms with Gasteiger partial charge in [-0.2, -0.15) is 0 Å². The van der Waals surface area contributed by atoms with Crippen LogP contribution in [0.25, 0.3) is 0 Å². The lowest BCUT2D eigenvalue weighted by molar-refractivity contribution is 0.0386. The van der Waals surface area contributed by atoms with Crippen molar-refractivity contribution in [1.82, 2.24) is 10.6 Å². The van der Waals surface area contributed by atoms with Gasteiger partial charge in [-0.3, -0.25) is 4.99 Å². The van der Waals surface area contributed by atoms with Gasteiger partial charge < -0.3 is 20.2 Å². The molecule has 0 aliphatic heterocycles. The molecule has 1 aromatic heterocycles. The van der Waals surface area contributed by atoms with Crippen molar-refractivity contribution in [1.29, 1.82) is 0 Å². The van der Waals surface area contributed by atoms with Gasteiger partial charge in [0.25, 0.3) is 0 Å². The number of hydrogen-bond acceptors (Lipinski definition) is 3. The molecule has 0 saturated carbocycles. The second-order valence-electron chi connectivity index (χ2n) is 7.50. The van der Waals surface area contributed by atoms with E-state index in [4.69, 9.17) is 9.41 Å². The molecule has 1 atom stereocenters. The number of furan rings is 1. The van der Waals surface area contributed by atoms with E-state index in [0.29, 0.717) is 24.8 Å². The van der Waals surface area contributed by atoms with Gasteiger partial charge >= 0.3 is 0 Å². The first-order chi connectivity index (χ1) is 12.3. The molecule has 0 bridgehead atoms. The molecule has 1 aromatic carbocycles. The van der Waals surface area contributed by atoms with E-state index in [9.17, 15) is 5.11 Å². The van der Waals surface area contributed by atoms with Gasteiger partial charge in [-0.1, -0.05) is 38.1 Å². The molecule has 0 spiro atoms. The highest BCUT2D eigenvalue weighted by molar-refractivity contribution is 14.0. The van der Waals surface area contributed by atoms with Crippen LogP contribution in [0.3, 0.4) is 0 Å². The molecule has 1 unspecified atom stereocenters. The third-order valence-electron chi connectivity index (χ3n) is 4.50. The molecule has 2 rings (SSSR count). The molecular formula is C21H32IN3O2. The highest BCUT2D eigenvalue weighted by Crippen LogP contribution is 2.26. The largest absolute Gasteiger partial charge is 0.466 e. The Hall–Kier alpha value is -1.54. The third-order valence-corrected chi connectivity index (χ3v) is 4.50. The summed E-state index contributed by atoms with van der Waals surface area (Å²) in [5, 5.41) is 17.0. The number of benzene rings is 1. The zero-order valence-electron chi connectivity index (χ0n) is 16.9. The Morgan fingerprint density at radius 3 is 2.41 bits per heavy atom. The smallest absolute Gasteiger partial charge is 0.191 e. The summed E-state index contributed by atoms with van der Waals surface area (Å²) in [7, 11) is 0. The van der Waals surface area contributed by atoms with Crippen LogP contribution in [-0.2, 0) is 11.0 Å². The van der Waals surface area contributed by atoms with Crippen molar-refractivity contribution < 1.29 is 9.52 Å². The molecule has 0 saturated heterocycles. The second kappa shape index (κ2) is 10.1. The highest BCUT2D eigenvalue weighted by atomic mass is 127. The van der Waals surface area contributed by atoms with Gasteiger partial charge in [0.15, 0.2) is 5.96 Å². The Morgan fingerprint density at radius 1 is 1.11 bits per heavy atom. The first-order valence-corrected chi connectivity index (χ1v) is 9.11. The fourth-order valence-corrected chi connectivity index (χ4v) is 2.96. The maximum Gasteiger partial charge on any atom is 0.191 e. The Morgan fingerprint density at radius 2 is 1.81 bits per heavy atom. The van der Waals surface area contributed by atoms with E-state index in [-0.39, 0.29) is 29.4 Å². The molecular weight excluding hydrogens is 453 g/mol. The molecule has 0 amide bonds. The zero-order chi connectivity index (χ0) is 19.2. The first kappa shape index (κ1) is 23.5. The van der Waals surface area contributed by atoms with Crippen molar-refractivity contribution in [2.24, 2.45) is 4.99 Å². The fraction of sp³-hybridized carbons (Fsp3) is 0.476. The van der Waals surface area contributed by atoms with E-state index in [1.54, 1.807) is 25.3 Å². The molecule has 0 aliphatic carbocycles. The maximum atomic E-state index is 10.6. The number of aryl methyl sites for hydroxylation is 1. The van der Waals surface area contributed by atoms with Crippen molar-refractivity contribution in [2.45, 2.75) is 45.6 Å². The molecule has 0 aliphatic rings. The lowest BCUT2D eigenvalue weighted by Gasteiger charge is -2.26. The van der Waals surface area contributed by atoms with Crippen LogP contribution in [0.1, 0.15) is 44.6 Å². The molecule has 6 heteroatoms. The molecule has 27 heavy (non-hydrogen) atoms. The summed E-state index contributed by atoms with van der Waals surface area (Å²) in [6.07, 6.45) is 1.56. The van der Waals surface area contributed by atoms with Crippen LogP contribution in [0.4, 0.5) is 0 Å². The van der Waals surface area contributed by atoms with Crippen molar-refractivity contribution >= 4 is 29.9 Å². The number of aliphatic imine (C=N–C) groups is 1. The molecule has 2 aromatic rings. The average molecular weight is 485 g/mol. The Balaban J connectivity index is 0.00000364. The van der Waals surface area contributed by atoms with E-state index in [1.165, 1.54) is 11.1 Å². The van der Waals surface area contributed by atoms with Gasteiger partial charge in [-0.15, -0.1) is 24.0 Å². The normalized spacial score (nSPS) is 14.2. The van der Waals surface area contributed by atoms with Crippen LogP contribution >= 0.6 is 24.0 Å². The zero-order valence-corrected chi connectivity index (χ0v) is 19.2. The lowest BCUT2D eigenvalue weighted by Crippen LogP contribution is -2.45. The van der Waals surface area contributed by atoms with Crippen LogP contribution < -0.4 is 10.6 Å². The van der Waals surface area contributed by atoms with Gasteiger partial charge in [-0.25, -0.2) is 0 Å². The number of hydrogen-bond donors (Lipinski definition) is 3. The summed E-state index contributed by atoms with van der Waals surface area (Å²) in [5.41, 5.74) is 1.37. The quantitative estimate of drug-likeness (QED) is 0.316. The summed E-state index contributed by atoms with van der Waals surface area (Å²) >= 11 is 0. The number of guanidine groups is 1. The third kappa shape index (κ3) is 6.53. The van der Waals surface area contributed by atoms with Gasteiger partial charge in [0.1, 0.15) is 11.4 Å². The number of aliphatic hydroxyl groups is 1. The van der Waals surface area contributed by atoms with Crippen LogP contribution in [0.2, 0.25) is 0 Å². The monoisotopic (exact) mass is 485 g/mol. The fourth-order valence-electron chi connectivity index (χ4n) is 2.96. The summed E-state index contributed by atoms with van der Waals surface area (Å²) in [4.78, 5) is 4.74. The van der Waals surface area contributed by atoms with E-state index in [0.717, 1.165) is 6.54 Å². The second-order valence-corrected chi connectivity index (χ2v) is 7.50. The molecule has 0 radical (unpaired) electrons. The standard InChI is InChI=1S/C21H31N3O2.HI/c1-6-22-19(24-15-21(5,25)18-12-9-13-26-18)23-14-20(3,4)17-11-8-7-10-16(17)2;/h7-13,25H,6,14-15H2,1-5H3,(H2,22,23,24);1H. The van der Waals surface area contributed by atoms with Gasteiger partial charge in [0.2, 0.25) is 0 Å². The lowest BCUT2D eigenvalue weighted by atomic mass is 9.82. The van der Waals surface area contributed by atoms with Crippen LogP contribution in [-0.4, -0.2) is 30.7 Å². The Bertz CT molecular complexity index is 725. The van der Waals surface area contributed by atoms with Crippen molar-refractivity contribution in [3.05, 3.63) is 59.5 Å². The predicted molar refractivity (Wildman–Crippen MR) is 122 cm³/mol. The summed E-state index contributed by atoms with van der Waals surface area (Å²) in [5.74, 6) is 1.21. The maximum absolute atomic E-state index is 10.6. The number of rotatable bonds is 7. The minimum Gasteiger partial charge on any atom is -0.466 e. The van der Waals surface area contributed by atoms with Crippen LogP contribution in [0.15, 0.2) is 52.1 Å². The van der Waals surface area contributed by atoms with Gasteiger partial charge in [-0.05, 0) is 44.0 Å². The minimum absolute atomic E-state index is 0. The van der Waals surface area contributed by atoms with E-state index in [2.05, 4.69) is 55.7 Å². The van der Waals surface area contributed by atoms with Crippen LogP contribution in [0, 0.1) is 6.92 Å². The minimum atomic E-state index is -1.11. The first-order valence-electron chi connectivity index (χ1n) is 9.11. The summed E-state index contributed by atoms with van der Waals surface area (Å²) in [6, 6.07) is 12.0. The number of nitrogens with one attached hydrogen (secondary N) is 2. The van der Waals surface area contributed by atoms with Crippen molar-refractivity contribution in [2.75, 3.05) is 19.6 Å².